The normalized spacial score (nSPS) is 26.2. The van der Waals surface area contributed by atoms with Crippen molar-refractivity contribution in [3.63, 3.8) is 0 Å². The summed E-state index contributed by atoms with van der Waals surface area (Å²) in [4.78, 5) is 55.6. The molecule has 3 aliphatic carbocycles. The van der Waals surface area contributed by atoms with Gasteiger partial charge in [-0.25, -0.2) is 0 Å². The van der Waals surface area contributed by atoms with Gasteiger partial charge in [-0.3, -0.25) is 24.1 Å². The van der Waals surface area contributed by atoms with Crippen LogP contribution in [-0.2, 0) is 19.2 Å². The maximum Gasteiger partial charge on any atom is 0.238 e. The van der Waals surface area contributed by atoms with E-state index in [0.29, 0.717) is 38.9 Å². The van der Waals surface area contributed by atoms with Gasteiger partial charge in [0, 0.05) is 36.2 Å². The first-order valence-electron chi connectivity index (χ1n) is 12.5. The van der Waals surface area contributed by atoms with Crippen molar-refractivity contribution in [2.45, 2.75) is 25.7 Å². The van der Waals surface area contributed by atoms with E-state index in [1.54, 1.807) is 31.2 Å². The number of ether oxygens (including phenoxy) is 1. The minimum absolute atomic E-state index is 0.137. The van der Waals surface area contributed by atoms with Gasteiger partial charge in [0.2, 0.25) is 11.8 Å². The molecule has 198 valence electrons. The van der Waals surface area contributed by atoms with Crippen LogP contribution in [0.1, 0.15) is 31.2 Å². The highest BCUT2D eigenvalue weighted by Gasteiger charge is 2.56. The van der Waals surface area contributed by atoms with E-state index in [1.807, 2.05) is 18.2 Å². The number of fused-ring (bicyclic) bond motifs is 3. The summed E-state index contributed by atoms with van der Waals surface area (Å²) >= 11 is 5.64. The van der Waals surface area contributed by atoms with Crippen molar-refractivity contribution in [3.8, 4) is 11.5 Å². The number of anilines is 1. The summed E-state index contributed by atoms with van der Waals surface area (Å²) in [6, 6.07) is 10.6. The lowest BCUT2D eigenvalue weighted by Crippen LogP contribution is -2.39. The van der Waals surface area contributed by atoms with Crippen molar-refractivity contribution in [1.82, 2.24) is 0 Å². The quantitative estimate of drug-likeness (QED) is 0.199. The zero-order valence-corrected chi connectivity index (χ0v) is 24.8. The number of hydrogen-bond donors (Lipinski definition) is 1. The number of allylic oxidation sites excluding steroid dienone is 6. The number of methoxy groups -OCH3 is 1. The predicted octanol–water partition coefficient (Wildman–Crippen LogP) is 5.40. The van der Waals surface area contributed by atoms with Crippen molar-refractivity contribution >= 4 is 67.6 Å². The maximum atomic E-state index is 13.9. The number of carbonyl (C=O) groups is 4. The van der Waals surface area contributed by atoms with Gasteiger partial charge in [-0.15, -0.1) is 0 Å². The first-order valence-corrected chi connectivity index (χ1v) is 14.4. The van der Waals surface area contributed by atoms with Crippen LogP contribution in [0.4, 0.5) is 5.69 Å². The fourth-order valence-corrected chi connectivity index (χ4v) is 7.37. The zero-order chi connectivity index (χ0) is 27.7. The van der Waals surface area contributed by atoms with Gasteiger partial charge >= 0.3 is 0 Å². The Kier molecular flexibility index (Phi) is 6.41. The zero-order valence-electron chi connectivity index (χ0n) is 21.0. The van der Waals surface area contributed by atoms with E-state index in [1.165, 1.54) is 18.1 Å². The first-order chi connectivity index (χ1) is 18.6. The number of hydrogen-bond acceptors (Lipinski definition) is 6. The van der Waals surface area contributed by atoms with E-state index in [-0.39, 0.29) is 41.3 Å². The number of aromatic hydroxyl groups is 1. The van der Waals surface area contributed by atoms with Crippen LogP contribution in [0.15, 0.2) is 75.3 Å². The van der Waals surface area contributed by atoms with E-state index in [4.69, 9.17) is 4.74 Å². The summed E-state index contributed by atoms with van der Waals surface area (Å²) in [5, 5.41) is 11.2. The lowest BCUT2D eigenvalue weighted by molar-refractivity contribution is -0.123. The van der Waals surface area contributed by atoms with Crippen LogP contribution in [0.2, 0.25) is 0 Å². The third kappa shape index (κ3) is 3.96. The van der Waals surface area contributed by atoms with Gasteiger partial charge in [-0.2, -0.15) is 0 Å². The van der Waals surface area contributed by atoms with Crippen LogP contribution < -0.4 is 9.64 Å². The average molecular weight is 700 g/mol. The van der Waals surface area contributed by atoms with Crippen molar-refractivity contribution in [2.75, 3.05) is 12.0 Å². The number of rotatable bonds is 3. The molecule has 2 amide bonds. The van der Waals surface area contributed by atoms with E-state index in [9.17, 15) is 24.3 Å². The van der Waals surface area contributed by atoms with Crippen LogP contribution >= 0.6 is 38.5 Å². The first kappa shape index (κ1) is 26.2. The van der Waals surface area contributed by atoms with Gasteiger partial charge in [-0.1, -0.05) is 27.6 Å². The number of benzene rings is 2. The lowest BCUT2D eigenvalue weighted by atomic mass is 9.59. The number of halogens is 2. The second-order valence-electron chi connectivity index (χ2n) is 10.3. The van der Waals surface area contributed by atoms with Crippen molar-refractivity contribution in [2.24, 2.45) is 17.8 Å². The van der Waals surface area contributed by atoms with Crippen LogP contribution in [0.3, 0.4) is 0 Å². The highest BCUT2D eigenvalue weighted by atomic mass is 127. The minimum atomic E-state index is -0.762. The van der Waals surface area contributed by atoms with Gasteiger partial charge in [-0.05, 0) is 90.7 Å². The Balaban J connectivity index is 1.52. The van der Waals surface area contributed by atoms with Gasteiger partial charge < -0.3 is 9.84 Å². The molecule has 0 radical (unpaired) electrons. The van der Waals surface area contributed by atoms with Gasteiger partial charge in [0.05, 0.1) is 24.6 Å². The number of imide groups is 1. The molecule has 7 nitrogen and oxygen atoms in total. The minimum Gasteiger partial charge on any atom is -0.504 e. The smallest absolute Gasteiger partial charge is 0.238 e. The van der Waals surface area contributed by atoms with Crippen molar-refractivity contribution in [3.05, 3.63) is 84.4 Å². The molecule has 9 heteroatoms. The number of amides is 2. The van der Waals surface area contributed by atoms with Gasteiger partial charge in [0.1, 0.15) is 0 Å². The molecule has 0 bridgehead atoms. The Morgan fingerprint density at radius 3 is 2.46 bits per heavy atom. The van der Waals surface area contributed by atoms with E-state index in [0.717, 1.165) is 9.14 Å². The topological polar surface area (TPSA) is 101 Å². The summed E-state index contributed by atoms with van der Waals surface area (Å²) in [5.41, 5.74) is 2.69. The molecule has 1 N–H and O–H groups in total. The molecule has 0 aromatic heterocycles. The SMILES string of the molecule is COc1cc(Br)cc(C2C3=CCC4C(=O)N(c5ccc(I)cc5)C(=O)C4C3CC3=C2C(=O)C=C(C)C3=O)c1O. The van der Waals surface area contributed by atoms with Crippen molar-refractivity contribution < 1.29 is 29.0 Å². The van der Waals surface area contributed by atoms with Crippen LogP contribution in [0.5, 0.6) is 11.5 Å². The molecule has 0 saturated carbocycles. The van der Waals surface area contributed by atoms with Crippen LogP contribution in [-0.4, -0.2) is 35.6 Å². The molecular weight excluding hydrogens is 677 g/mol. The average Bonchev–Trinajstić information content (AvgIpc) is 3.17. The highest BCUT2D eigenvalue weighted by molar-refractivity contribution is 14.1. The molecule has 39 heavy (non-hydrogen) atoms. The molecule has 1 heterocycles. The highest BCUT2D eigenvalue weighted by Crippen LogP contribution is 2.57. The number of phenols is 1. The molecule has 1 fully saturated rings. The number of carbonyl (C=O) groups excluding carboxylic acids is 4. The third-order valence-corrected chi connectivity index (χ3v) is 9.42. The molecule has 4 unspecified atom stereocenters. The molecule has 1 saturated heterocycles. The fraction of sp³-hybridized carbons (Fsp3) is 0.267. The van der Waals surface area contributed by atoms with Gasteiger partial charge in [0.25, 0.3) is 0 Å². The maximum absolute atomic E-state index is 13.9. The molecule has 2 aromatic rings. The van der Waals surface area contributed by atoms with Crippen LogP contribution in [0, 0.1) is 21.3 Å². The van der Waals surface area contributed by atoms with Crippen LogP contribution in [0.25, 0.3) is 0 Å². The predicted molar refractivity (Wildman–Crippen MR) is 155 cm³/mol. The number of phenolic OH excluding ortho intramolecular Hbond substituents is 1. The van der Waals surface area contributed by atoms with E-state index < -0.39 is 23.7 Å². The lowest BCUT2D eigenvalue weighted by Gasteiger charge is -2.42. The Labute approximate surface area is 246 Å². The Hall–Kier alpha value is -3.05. The summed E-state index contributed by atoms with van der Waals surface area (Å²) in [6.07, 6.45) is 3.78. The third-order valence-electron chi connectivity index (χ3n) is 8.25. The molecule has 4 atom stereocenters. The second kappa shape index (κ2) is 9.55. The van der Waals surface area contributed by atoms with E-state index in [2.05, 4.69) is 38.5 Å². The number of Topliss-reactive ketones (excluding diaryl/α,β-unsaturated/α-hetero) is 1. The second-order valence-corrected chi connectivity index (χ2v) is 12.4. The van der Waals surface area contributed by atoms with Crippen molar-refractivity contribution in [1.29, 1.82) is 0 Å². The van der Waals surface area contributed by atoms with Gasteiger partial charge in [0.15, 0.2) is 23.1 Å². The molecule has 0 spiro atoms. The largest absolute Gasteiger partial charge is 0.504 e. The number of ketones is 2. The molecule has 2 aromatic carbocycles. The summed E-state index contributed by atoms with van der Waals surface area (Å²) in [6.45, 7) is 1.61. The number of nitrogens with zero attached hydrogens (tertiary/aromatic N) is 1. The van der Waals surface area contributed by atoms with E-state index >= 15 is 0 Å². The molecule has 6 rings (SSSR count). The summed E-state index contributed by atoms with van der Waals surface area (Å²) in [7, 11) is 1.44. The fourth-order valence-electron chi connectivity index (χ4n) is 6.55. The molecule has 4 aliphatic rings. The summed E-state index contributed by atoms with van der Waals surface area (Å²) in [5.74, 6) is -3.51. The monoisotopic (exact) mass is 699 g/mol. The Morgan fingerprint density at radius 2 is 1.77 bits per heavy atom. The molecular formula is C30H23BrINO6. The standard InChI is InChI=1S/C30H23BrINO6/c1-13-9-22(34)26-21(27(13)35)12-19-17(24(26)20-10-14(31)11-23(39-2)28(20)36)7-8-18-25(19)30(38)33(29(18)37)16-5-3-15(32)4-6-16/h3-7,9-11,18-19,24-25,36H,8,12H2,1-2H3. The Bertz CT molecular complexity index is 1590. The summed E-state index contributed by atoms with van der Waals surface area (Å²) < 4.78 is 7.00. The Morgan fingerprint density at radius 1 is 1.05 bits per heavy atom. The molecule has 1 aliphatic heterocycles.